The molecule has 3 heterocycles. The molecule has 2 aromatic rings. The Bertz CT molecular complexity index is 1090. The second kappa shape index (κ2) is 11.0. The number of thiazole rings is 1. The molecular weight excluding hydrogens is 468 g/mol. The van der Waals surface area contributed by atoms with Gasteiger partial charge in [-0.3, -0.25) is 19.2 Å². The topological polar surface area (TPSA) is 109 Å². The minimum Gasteiger partial charge on any atom is -0.466 e. The highest BCUT2D eigenvalue weighted by Gasteiger charge is 2.38. The number of hydrogen-bond acceptors (Lipinski definition) is 7. The van der Waals surface area contributed by atoms with Gasteiger partial charge < -0.3 is 19.9 Å². The fourth-order valence-electron chi connectivity index (χ4n) is 4.48. The minimum atomic E-state index is -0.359. The Labute approximate surface area is 208 Å². The summed E-state index contributed by atoms with van der Waals surface area (Å²) in [6, 6.07) is 7.74. The summed E-state index contributed by atoms with van der Waals surface area (Å²) < 4.78 is 4.92. The van der Waals surface area contributed by atoms with E-state index in [1.54, 1.807) is 22.1 Å². The highest BCUT2D eigenvalue weighted by atomic mass is 32.1. The zero-order valence-electron chi connectivity index (χ0n) is 20.0. The molecule has 0 bridgehead atoms. The van der Waals surface area contributed by atoms with Crippen molar-refractivity contribution in [2.45, 2.75) is 39.5 Å². The van der Waals surface area contributed by atoms with Crippen molar-refractivity contribution in [2.24, 2.45) is 11.8 Å². The van der Waals surface area contributed by atoms with E-state index in [0.717, 1.165) is 11.3 Å². The molecule has 0 aliphatic carbocycles. The molecule has 1 N–H and O–H groups in total. The number of hydrogen-bond donors (Lipinski definition) is 1. The summed E-state index contributed by atoms with van der Waals surface area (Å²) in [4.78, 5) is 57.7. The largest absolute Gasteiger partial charge is 0.466 e. The molecule has 0 saturated carbocycles. The highest BCUT2D eigenvalue weighted by Crippen LogP contribution is 2.28. The molecule has 9 nitrogen and oxygen atoms in total. The molecule has 1 aromatic carbocycles. The van der Waals surface area contributed by atoms with Gasteiger partial charge in [0.15, 0.2) is 5.13 Å². The van der Waals surface area contributed by atoms with E-state index in [1.165, 1.54) is 11.3 Å². The SMILES string of the molecule is CCOC(=O)Cc1csc(NC(=O)C2CCN(C(=O)C3CC(=O)N(c4ccc(C)cc4)C3)CC2)n1. The standard InChI is InChI=1S/C25H30N4O5S/c1-3-34-22(31)13-19-15-35-25(26-19)27-23(32)17-8-10-28(11-9-17)24(33)18-12-21(30)29(14-18)20-6-4-16(2)5-7-20/h4-7,15,17-18H,3,8-14H2,1-2H3,(H,26,27,32). The molecule has 10 heteroatoms. The van der Waals surface area contributed by atoms with Crippen LogP contribution in [0.15, 0.2) is 29.6 Å². The molecule has 0 spiro atoms. The number of rotatable bonds is 7. The maximum absolute atomic E-state index is 13.1. The fourth-order valence-corrected chi connectivity index (χ4v) is 5.19. The number of carbonyl (C=O) groups is 4. The molecule has 1 unspecified atom stereocenters. The van der Waals surface area contributed by atoms with E-state index >= 15 is 0 Å². The first-order valence-corrected chi connectivity index (χ1v) is 12.8. The molecule has 35 heavy (non-hydrogen) atoms. The van der Waals surface area contributed by atoms with Crippen molar-refractivity contribution >= 4 is 45.8 Å². The Kier molecular flexibility index (Phi) is 7.80. The molecular formula is C25H30N4O5S. The Morgan fingerprint density at radius 3 is 2.54 bits per heavy atom. The monoisotopic (exact) mass is 498 g/mol. The van der Waals surface area contributed by atoms with Gasteiger partial charge in [0, 0.05) is 43.0 Å². The minimum absolute atomic E-state index is 0.0182. The number of benzene rings is 1. The number of nitrogens with zero attached hydrogens (tertiary/aromatic N) is 3. The van der Waals surface area contributed by atoms with E-state index in [-0.39, 0.29) is 48.4 Å². The third-order valence-corrected chi connectivity index (χ3v) is 7.22. The van der Waals surface area contributed by atoms with Crippen LogP contribution in [0.1, 0.15) is 37.4 Å². The number of nitrogens with one attached hydrogen (secondary N) is 1. The molecule has 186 valence electrons. The van der Waals surface area contributed by atoms with Gasteiger partial charge in [0.1, 0.15) is 0 Å². The Morgan fingerprint density at radius 2 is 1.86 bits per heavy atom. The lowest BCUT2D eigenvalue weighted by atomic mass is 9.94. The second-order valence-corrected chi connectivity index (χ2v) is 9.81. The van der Waals surface area contributed by atoms with Crippen molar-refractivity contribution in [1.82, 2.24) is 9.88 Å². The van der Waals surface area contributed by atoms with Gasteiger partial charge in [0.05, 0.1) is 24.6 Å². The van der Waals surface area contributed by atoms with Crippen LogP contribution in [0.3, 0.4) is 0 Å². The van der Waals surface area contributed by atoms with Crippen LogP contribution in [-0.4, -0.2) is 59.8 Å². The predicted molar refractivity (Wildman–Crippen MR) is 132 cm³/mol. The first-order chi connectivity index (χ1) is 16.8. The van der Waals surface area contributed by atoms with Crippen LogP contribution in [0.2, 0.25) is 0 Å². The summed E-state index contributed by atoms with van der Waals surface area (Å²) in [5.74, 6) is -1.11. The van der Waals surface area contributed by atoms with Crippen molar-refractivity contribution < 1.29 is 23.9 Å². The third-order valence-electron chi connectivity index (χ3n) is 6.41. The number of piperidine rings is 1. The van der Waals surface area contributed by atoms with Crippen LogP contribution in [0.5, 0.6) is 0 Å². The van der Waals surface area contributed by atoms with Crippen LogP contribution in [0, 0.1) is 18.8 Å². The molecule has 0 radical (unpaired) electrons. The summed E-state index contributed by atoms with van der Waals surface area (Å²) in [6.45, 7) is 5.41. The second-order valence-electron chi connectivity index (χ2n) is 8.96. The summed E-state index contributed by atoms with van der Waals surface area (Å²) in [7, 11) is 0. The van der Waals surface area contributed by atoms with Gasteiger partial charge in [-0.05, 0) is 38.8 Å². The van der Waals surface area contributed by atoms with Crippen LogP contribution < -0.4 is 10.2 Å². The highest BCUT2D eigenvalue weighted by molar-refractivity contribution is 7.13. The average molecular weight is 499 g/mol. The molecule has 1 atom stereocenters. The van der Waals surface area contributed by atoms with Gasteiger partial charge in [-0.15, -0.1) is 11.3 Å². The lowest BCUT2D eigenvalue weighted by Gasteiger charge is -2.32. The first kappa shape index (κ1) is 24.8. The normalized spacial score (nSPS) is 18.6. The Hall–Kier alpha value is -3.27. The number of aromatic nitrogens is 1. The average Bonchev–Trinajstić information content (AvgIpc) is 3.45. The fraction of sp³-hybridized carbons (Fsp3) is 0.480. The number of esters is 1. The first-order valence-electron chi connectivity index (χ1n) is 11.9. The smallest absolute Gasteiger partial charge is 0.311 e. The number of amides is 3. The zero-order chi connectivity index (χ0) is 24.9. The summed E-state index contributed by atoms with van der Waals surface area (Å²) in [6.07, 6.45) is 1.40. The van der Waals surface area contributed by atoms with Gasteiger partial charge in [0.2, 0.25) is 17.7 Å². The van der Waals surface area contributed by atoms with E-state index in [1.807, 2.05) is 31.2 Å². The van der Waals surface area contributed by atoms with Gasteiger partial charge in [-0.1, -0.05) is 17.7 Å². The van der Waals surface area contributed by atoms with Crippen molar-refractivity contribution in [2.75, 3.05) is 36.5 Å². The maximum Gasteiger partial charge on any atom is 0.311 e. The molecule has 3 amide bonds. The quantitative estimate of drug-likeness (QED) is 0.588. The summed E-state index contributed by atoms with van der Waals surface area (Å²) in [5, 5.41) is 5.02. The van der Waals surface area contributed by atoms with Crippen molar-refractivity contribution in [3.8, 4) is 0 Å². The lowest BCUT2D eigenvalue weighted by Crippen LogP contribution is -2.44. The van der Waals surface area contributed by atoms with Crippen LogP contribution in [0.25, 0.3) is 0 Å². The molecule has 2 fully saturated rings. The number of anilines is 2. The number of aryl methyl sites for hydroxylation is 1. The van der Waals surface area contributed by atoms with Crippen molar-refractivity contribution in [1.29, 1.82) is 0 Å². The zero-order valence-corrected chi connectivity index (χ0v) is 20.8. The number of likely N-dealkylation sites (tertiary alicyclic amines) is 1. The van der Waals surface area contributed by atoms with E-state index in [4.69, 9.17) is 4.74 Å². The van der Waals surface area contributed by atoms with Crippen LogP contribution in [0.4, 0.5) is 10.8 Å². The number of ether oxygens (including phenoxy) is 1. The molecule has 1 aromatic heterocycles. The van der Waals surface area contributed by atoms with Gasteiger partial charge in [-0.2, -0.15) is 0 Å². The summed E-state index contributed by atoms with van der Waals surface area (Å²) >= 11 is 1.27. The van der Waals surface area contributed by atoms with Crippen molar-refractivity contribution in [3.05, 3.63) is 40.9 Å². The van der Waals surface area contributed by atoms with Crippen LogP contribution >= 0.6 is 11.3 Å². The third kappa shape index (κ3) is 6.05. The molecule has 2 aliphatic heterocycles. The summed E-state index contributed by atoms with van der Waals surface area (Å²) in [5.41, 5.74) is 2.50. The molecule has 2 aliphatic rings. The van der Waals surface area contributed by atoms with Crippen LogP contribution in [-0.2, 0) is 30.3 Å². The van der Waals surface area contributed by atoms with E-state index < -0.39 is 0 Å². The number of carbonyl (C=O) groups excluding carboxylic acids is 4. The van der Waals surface area contributed by atoms with Gasteiger partial charge in [-0.25, -0.2) is 4.98 Å². The van der Waals surface area contributed by atoms with Crippen molar-refractivity contribution in [3.63, 3.8) is 0 Å². The predicted octanol–water partition coefficient (Wildman–Crippen LogP) is 2.79. The van der Waals surface area contributed by atoms with Gasteiger partial charge >= 0.3 is 5.97 Å². The molecule has 2 saturated heterocycles. The lowest BCUT2D eigenvalue weighted by molar-refractivity contribution is -0.142. The van der Waals surface area contributed by atoms with E-state index in [9.17, 15) is 19.2 Å². The van der Waals surface area contributed by atoms with E-state index in [2.05, 4.69) is 10.3 Å². The Morgan fingerprint density at radius 1 is 1.14 bits per heavy atom. The molecule has 4 rings (SSSR count). The van der Waals surface area contributed by atoms with Gasteiger partial charge in [0.25, 0.3) is 0 Å². The van der Waals surface area contributed by atoms with E-state index in [0.29, 0.717) is 49.9 Å². The maximum atomic E-state index is 13.1. The Balaban J connectivity index is 1.25.